The number of fused-ring (bicyclic) bond motifs is 3. The molecule has 2 aliphatic rings. The summed E-state index contributed by atoms with van der Waals surface area (Å²) in [5.74, 6) is 2.19. The van der Waals surface area contributed by atoms with Crippen LogP contribution in [0.4, 0.5) is 5.82 Å². The van der Waals surface area contributed by atoms with E-state index in [-0.39, 0.29) is 12.0 Å². The molecule has 1 aliphatic carbocycles. The number of aryl methyl sites for hydroxylation is 1. The second-order valence-electron chi connectivity index (χ2n) is 8.23. The van der Waals surface area contributed by atoms with Gasteiger partial charge in [-0.2, -0.15) is 0 Å². The van der Waals surface area contributed by atoms with Crippen molar-refractivity contribution in [3.05, 3.63) is 16.3 Å². The van der Waals surface area contributed by atoms with Crippen LogP contribution in [0.3, 0.4) is 0 Å². The average Bonchev–Trinajstić information content (AvgIpc) is 3.06. The number of carbonyl (C=O) groups is 1. The van der Waals surface area contributed by atoms with Gasteiger partial charge < -0.3 is 14.8 Å². The minimum atomic E-state index is -0.218. The molecule has 2 aromatic rings. The number of aromatic nitrogens is 2. The SMILES string of the molecule is COC(=O)C[C@H](C)Nc1nc(CN2CCOCC2)nc2sc3c(c12)CC[C@H](C)C3. The first-order chi connectivity index (χ1) is 14.0. The quantitative estimate of drug-likeness (QED) is 0.723. The number of thiophene rings is 1. The average molecular weight is 419 g/mol. The number of morpholine rings is 1. The van der Waals surface area contributed by atoms with Crippen molar-refractivity contribution in [2.45, 2.75) is 52.1 Å². The molecule has 0 unspecified atom stereocenters. The van der Waals surface area contributed by atoms with Crippen LogP contribution in [0.25, 0.3) is 10.2 Å². The maximum atomic E-state index is 11.7. The summed E-state index contributed by atoms with van der Waals surface area (Å²) in [7, 11) is 1.43. The molecule has 4 rings (SSSR count). The van der Waals surface area contributed by atoms with E-state index in [0.717, 1.165) is 67.5 Å². The zero-order valence-electron chi connectivity index (χ0n) is 17.5. The molecule has 1 N–H and O–H groups in total. The van der Waals surface area contributed by atoms with Crippen molar-refractivity contribution >= 4 is 33.3 Å². The third-order valence-electron chi connectivity index (χ3n) is 5.75. The lowest BCUT2D eigenvalue weighted by molar-refractivity contribution is -0.140. The Bertz CT molecular complexity index is 878. The third kappa shape index (κ3) is 4.70. The van der Waals surface area contributed by atoms with Crippen LogP contribution in [0.5, 0.6) is 0 Å². The standard InChI is InChI=1S/C21H30N4O3S/c1-13-4-5-15-16(10-13)29-21-19(15)20(22-14(2)11-18(26)27-3)23-17(24-21)12-25-6-8-28-9-7-25/h13-14H,4-12H2,1-3H3,(H,22,23,24)/t13-,14-/m0/s1. The van der Waals surface area contributed by atoms with Crippen molar-refractivity contribution < 1.29 is 14.3 Å². The summed E-state index contributed by atoms with van der Waals surface area (Å²) in [4.78, 5) is 26.4. The topological polar surface area (TPSA) is 76.6 Å². The highest BCUT2D eigenvalue weighted by atomic mass is 32.1. The summed E-state index contributed by atoms with van der Waals surface area (Å²) >= 11 is 1.81. The molecule has 2 aromatic heterocycles. The van der Waals surface area contributed by atoms with Gasteiger partial charge in [0.25, 0.3) is 0 Å². The number of hydrogen-bond donors (Lipinski definition) is 1. The highest BCUT2D eigenvalue weighted by molar-refractivity contribution is 7.19. The summed E-state index contributed by atoms with van der Waals surface area (Å²) in [6, 6.07) is -0.0603. The highest BCUT2D eigenvalue weighted by Crippen LogP contribution is 2.40. The fourth-order valence-corrected chi connectivity index (χ4v) is 5.54. The monoisotopic (exact) mass is 418 g/mol. The largest absolute Gasteiger partial charge is 0.469 e. The number of methoxy groups -OCH3 is 1. The van der Waals surface area contributed by atoms with Gasteiger partial charge in [-0.25, -0.2) is 9.97 Å². The second-order valence-corrected chi connectivity index (χ2v) is 9.32. The van der Waals surface area contributed by atoms with Crippen molar-refractivity contribution in [1.29, 1.82) is 0 Å². The van der Waals surface area contributed by atoms with E-state index in [1.807, 2.05) is 18.3 Å². The van der Waals surface area contributed by atoms with E-state index in [2.05, 4.69) is 17.1 Å². The maximum Gasteiger partial charge on any atom is 0.307 e. The van der Waals surface area contributed by atoms with Gasteiger partial charge in [0.15, 0.2) is 0 Å². The Labute approximate surface area is 175 Å². The number of hydrogen-bond acceptors (Lipinski definition) is 8. The first-order valence-electron chi connectivity index (χ1n) is 10.5. The van der Waals surface area contributed by atoms with Gasteiger partial charge in [-0.1, -0.05) is 6.92 Å². The van der Waals surface area contributed by atoms with E-state index in [1.165, 1.54) is 24.0 Å². The number of ether oxygens (including phenoxy) is 2. The summed E-state index contributed by atoms with van der Waals surface area (Å²) in [5, 5.41) is 4.64. The van der Waals surface area contributed by atoms with Gasteiger partial charge in [0.05, 0.1) is 38.7 Å². The number of carbonyl (C=O) groups excluding carboxylic acids is 1. The Morgan fingerprint density at radius 3 is 2.93 bits per heavy atom. The smallest absolute Gasteiger partial charge is 0.307 e. The molecule has 0 saturated carbocycles. The highest BCUT2D eigenvalue weighted by Gasteiger charge is 2.25. The summed E-state index contributed by atoms with van der Waals surface area (Å²) < 4.78 is 10.3. The molecule has 0 aromatic carbocycles. The molecule has 0 amide bonds. The summed E-state index contributed by atoms with van der Waals surface area (Å²) in [6.07, 6.45) is 3.70. The van der Waals surface area contributed by atoms with Gasteiger partial charge in [-0.05, 0) is 37.7 Å². The molecule has 29 heavy (non-hydrogen) atoms. The van der Waals surface area contributed by atoms with E-state index >= 15 is 0 Å². The molecule has 0 radical (unpaired) electrons. The molecule has 0 bridgehead atoms. The molecule has 0 spiro atoms. The van der Waals surface area contributed by atoms with Crippen molar-refractivity contribution in [2.24, 2.45) is 5.92 Å². The van der Waals surface area contributed by atoms with E-state index < -0.39 is 0 Å². The zero-order valence-corrected chi connectivity index (χ0v) is 18.3. The van der Waals surface area contributed by atoms with Gasteiger partial charge in [0.2, 0.25) is 0 Å². The van der Waals surface area contributed by atoms with Gasteiger partial charge in [-0.15, -0.1) is 11.3 Å². The van der Waals surface area contributed by atoms with Crippen LogP contribution in [0.1, 0.15) is 43.0 Å². The van der Waals surface area contributed by atoms with E-state index in [0.29, 0.717) is 12.3 Å². The van der Waals surface area contributed by atoms with Crippen LogP contribution >= 0.6 is 11.3 Å². The minimum absolute atomic E-state index is 0.0603. The van der Waals surface area contributed by atoms with E-state index in [4.69, 9.17) is 19.4 Å². The van der Waals surface area contributed by atoms with Crippen molar-refractivity contribution in [3.63, 3.8) is 0 Å². The minimum Gasteiger partial charge on any atom is -0.469 e. The molecule has 1 fully saturated rings. The van der Waals surface area contributed by atoms with E-state index in [9.17, 15) is 4.79 Å². The predicted molar refractivity (Wildman–Crippen MR) is 114 cm³/mol. The molecule has 8 heteroatoms. The van der Waals surface area contributed by atoms with Crippen LogP contribution in [0, 0.1) is 5.92 Å². The van der Waals surface area contributed by atoms with Crippen molar-refractivity contribution in [3.8, 4) is 0 Å². The Hall–Kier alpha value is -1.77. The van der Waals surface area contributed by atoms with Gasteiger partial charge in [0, 0.05) is 24.0 Å². The lowest BCUT2D eigenvalue weighted by Crippen LogP contribution is -2.36. The van der Waals surface area contributed by atoms with Crippen LogP contribution in [0.2, 0.25) is 0 Å². The molecule has 3 heterocycles. The van der Waals surface area contributed by atoms with Crippen LogP contribution < -0.4 is 5.32 Å². The Balaban J connectivity index is 1.67. The number of esters is 1. The van der Waals surface area contributed by atoms with Gasteiger partial charge >= 0.3 is 5.97 Å². The Morgan fingerprint density at radius 1 is 1.38 bits per heavy atom. The molecule has 7 nitrogen and oxygen atoms in total. The van der Waals surface area contributed by atoms with Gasteiger partial charge in [0.1, 0.15) is 16.5 Å². The second kappa shape index (κ2) is 8.93. The Morgan fingerprint density at radius 2 is 2.17 bits per heavy atom. The molecule has 2 atom stereocenters. The molecule has 1 saturated heterocycles. The first kappa shape index (κ1) is 20.5. The van der Waals surface area contributed by atoms with Crippen LogP contribution in [-0.4, -0.2) is 60.3 Å². The molecular formula is C21H30N4O3S. The number of nitrogens with zero attached hydrogens (tertiary/aromatic N) is 3. The predicted octanol–water partition coefficient (Wildman–Crippen LogP) is 3.01. The van der Waals surface area contributed by atoms with Crippen LogP contribution in [-0.2, 0) is 33.7 Å². The third-order valence-corrected chi connectivity index (χ3v) is 6.90. The number of anilines is 1. The molecule has 1 aliphatic heterocycles. The van der Waals surface area contributed by atoms with Crippen molar-refractivity contribution in [1.82, 2.24) is 14.9 Å². The fourth-order valence-electron chi connectivity index (χ4n) is 4.14. The zero-order chi connectivity index (χ0) is 20.4. The number of nitrogens with one attached hydrogen (secondary N) is 1. The normalized spacial score (nSPS) is 21.0. The lowest BCUT2D eigenvalue weighted by Gasteiger charge is -2.26. The Kier molecular flexibility index (Phi) is 6.32. The number of rotatable bonds is 6. The van der Waals surface area contributed by atoms with E-state index in [1.54, 1.807) is 0 Å². The molecular weight excluding hydrogens is 388 g/mol. The summed E-state index contributed by atoms with van der Waals surface area (Å²) in [6.45, 7) is 8.36. The summed E-state index contributed by atoms with van der Waals surface area (Å²) in [5.41, 5.74) is 1.40. The lowest BCUT2D eigenvalue weighted by atomic mass is 9.89. The molecule has 158 valence electrons. The van der Waals surface area contributed by atoms with Crippen LogP contribution in [0.15, 0.2) is 0 Å². The first-order valence-corrected chi connectivity index (χ1v) is 11.3. The van der Waals surface area contributed by atoms with Gasteiger partial charge in [-0.3, -0.25) is 9.69 Å². The van der Waals surface area contributed by atoms with Crippen molar-refractivity contribution in [2.75, 3.05) is 38.7 Å². The maximum absolute atomic E-state index is 11.7. The fraction of sp³-hybridized carbons (Fsp3) is 0.667.